The fourth-order valence-corrected chi connectivity index (χ4v) is 2.24. The van der Waals surface area contributed by atoms with Gasteiger partial charge in [0.2, 0.25) is 0 Å². The van der Waals surface area contributed by atoms with Crippen molar-refractivity contribution in [3.63, 3.8) is 0 Å². The molecule has 0 spiro atoms. The monoisotopic (exact) mass is 273 g/mol. The largest absolute Gasteiger partial charge is 0.465 e. The molecule has 6 heteroatoms. The fourth-order valence-electron chi connectivity index (χ4n) is 2.24. The second kappa shape index (κ2) is 5.24. The standard InChI is InChI=1S/C14H15N3O3/c18-14(19)17-8-6-16(7-9-17)13-15-12(10-20-13)11-4-2-1-3-5-11/h1-5,10H,6-9H2,(H,18,19). The van der Waals surface area contributed by atoms with Gasteiger partial charge in [-0.1, -0.05) is 30.3 Å². The molecule has 20 heavy (non-hydrogen) atoms. The summed E-state index contributed by atoms with van der Waals surface area (Å²) in [6, 6.07) is 10.4. The normalized spacial score (nSPS) is 15.4. The third-order valence-corrected chi connectivity index (χ3v) is 3.38. The van der Waals surface area contributed by atoms with E-state index in [0.29, 0.717) is 32.2 Å². The summed E-state index contributed by atoms with van der Waals surface area (Å²) in [5.41, 5.74) is 1.80. The van der Waals surface area contributed by atoms with Gasteiger partial charge in [0.15, 0.2) is 0 Å². The number of hydrogen-bond acceptors (Lipinski definition) is 4. The van der Waals surface area contributed by atoms with Crippen molar-refractivity contribution in [3.8, 4) is 11.3 Å². The Bertz CT molecular complexity index is 589. The summed E-state index contributed by atoms with van der Waals surface area (Å²) in [5, 5.41) is 8.92. The molecule has 1 aliphatic rings. The number of oxazole rings is 1. The quantitative estimate of drug-likeness (QED) is 0.907. The van der Waals surface area contributed by atoms with Crippen molar-refractivity contribution in [3.05, 3.63) is 36.6 Å². The average molecular weight is 273 g/mol. The lowest BCUT2D eigenvalue weighted by atomic mass is 10.2. The zero-order chi connectivity index (χ0) is 13.9. The van der Waals surface area contributed by atoms with E-state index in [9.17, 15) is 4.79 Å². The van der Waals surface area contributed by atoms with Crippen LogP contribution < -0.4 is 4.90 Å². The summed E-state index contributed by atoms with van der Waals surface area (Å²) in [5.74, 6) is 0. The van der Waals surface area contributed by atoms with Gasteiger partial charge in [-0.05, 0) is 0 Å². The number of benzene rings is 1. The highest BCUT2D eigenvalue weighted by Gasteiger charge is 2.23. The number of piperazine rings is 1. The summed E-state index contributed by atoms with van der Waals surface area (Å²) in [6.07, 6.45) is 0.760. The Morgan fingerprint density at radius 1 is 1.15 bits per heavy atom. The zero-order valence-corrected chi connectivity index (χ0v) is 10.9. The molecule has 1 aromatic heterocycles. The molecule has 1 amide bonds. The molecular weight excluding hydrogens is 258 g/mol. The van der Waals surface area contributed by atoms with E-state index in [1.807, 2.05) is 35.2 Å². The van der Waals surface area contributed by atoms with Gasteiger partial charge in [0.25, 0.3) is 6.01 Å². The van der Waals surface area contributed by atoms with Gasteiger partial charge in [-0.25, -0.2) is 4.79 Å². The summed E-state index contributed by atoms with van der Waals surface area (Å²) < 4.78 is 5.50. The van der Waals surface area contributed by atoms with Crippen molar-refractivity contribution >= 4 is 12.1 Å². The maximum absolute atomic E-state index is 10.9. The van der Waals surface area contributed by atoms with Gasteiger partial charge in [0.1, 0.15) is 12.0 Å². The van der Waals surface area contributed by atoms with Crippen LogP contribution in [-0.2, 0) is 0 Å². The zero-order valence-electron chi connectivity index (χ0n) is 10.9. The van der Waals surface area contributed by atoms with Crippen LogP contribution in [0.2, 0.25) is 0 Å². The lowest BCUT2D eigenvalue weighted by Crippen LogP contribution is -2.48. The van der Waals surface area contributed by atoms with E-state index in [1.54, 1.807) is 6.26 Å². The number of anilines is 1. The van der Waals surface area contributed by atoms with Crippen molar-refractivity contribution in [2.45, 2.75) is 0 Å². The van der Waals surface area contributed by atoms with Gasteiger partial charge < -0.3 is 19.3 Å². The molecule has 0 radical (unpaired) electrons. The van der Waals surface area contributed by atoms with E-state index in [-0.39, 0.29) is 0 Å². The summed E-state index contributed by atoms with van der Waals surface area (Å²) in [7, 11) is 0. The maximum atomic E-state index is 10.9. The van der Waals surface area contributed by atoms with Crippen LogP contribution in [0, 0.1) is 0 Å². The van der Waals surface area contributed by atoms with E-state index in [0.717, 1.165) is 11.3 Å². The molecule has 3 rings (SSSR count). The van der Waals surface area contributed by atoms with E-state index in [2.05, 4.69) is 4.98 Å². The first-order valence-electron chi connectivity index (χ1n) is 6.48. The topological polar surface area (TPSA) is 69.8 Å². The van der Waals surface area contributed by atoms with Crippen LogP contribution in [0.25, 0.3) is 11.3 Å². The van der Waals surface area contributed by atoms with Crippen LogP contribution in [0.3, 0.4) is 0 Å². The highest BCUT2D eigenvalue weighted by atomic mass is 16.4. The average Bonchev–Trinajstić information content (AvgIpc) is 2.98. The van der Waals surface area contributed by atoms with Gasteiger partial charge in [-0.2, -0.15) is 4.98 Å². The van der Waals surface area contributed by atoms with Gasteiger partial charge >= 0.3 is 6.09 Å². The van der Waals surface area contributed by atoms with Crippen molar-refractivity contribution < 1.29 is 14.3 Å². The Kier molecular flexibility index (Phi) is 3.28. The van der Waals surface area contributed by atoms with E-state index in [1.165, 1.54) is 4.90 Å². The minimum Gasteiger partial charge on any atom is -0.465 e. The van der Waals surface area contributed by atoms with Crippen molar-refractivity contribution in [2.75, 3.05) is 31.1 Å². The van der Waals surface area contributed by atoms with Crippen LogP contribution >= 0.6 is 0 Å². The van der Waals surface area contributed by atoms with Gasteiger partial charge in [-0.15, -0.1) is 0 Å². The molecule has 6 nitrogen and oxygen atoms in total. The minimum absolute atomic E-state index is 0.471. The molecule has 0 atom stereocenters. The Hall–Kier alpha value is -2.50. The molecule has 0 unspecified atom stereocenters. The molecule has 1 N–H and O–H groups in total. The number of aromatic nitrogens is 1. The van der Waals surface area contributed by atoms with Crippen molar-refractivity contribution in [2.24, 2.45) is 0 Å². The Morgan fingerprint density at radius 3 is 2.50 bits per heavy atom. The molecule has 0 aliphatic carbocycles. The number of nitrogens with zero attached hydrogens (tertiary/aromatic N) is 3. The predicted molar refractivity (Wildman–Crippen MR) is 73.7 cm³/mol. The van der Waals surface area contributed by atoms with Crippen molar-refractivity contribution in [1.82, 2.24) is 9.88 Å². The first-order chi connectivity index (χ1) is 9.74. The third kappa shape index (κ3) is 2.45. The number of carboxylic acid groups (broad SMARTS) is 1. The second-order valence-electron chi connectivity index (χ2n) is 4.64. The smallest absolute Gasteiger partial charge is 0.407 e. The summed E-state index contributed by atoms with van der Waals surface area (Å²) in [4.78, 5) is 18.7. The second-order valence-corrected chi connectivity index (χ2v) is 4.64. The van der Waals surface area contributed by atoms with E-state index < -0.39 is 6.09 Å². The highest BCUT2D eigenvalue weighted by molar-refractivity contribution is 5.65. The van der Waals surface area contributed by atoms with E-state index >= 15 is 0 Å². The maximum Gasteiger partial charge on any atom is 0.407 e. The molecule has 1 aliphatic heterocycles. The molecule has 1 saturated heterocycles. The van der Waals surface area contributed by atoms with Gasteiger partial charge in [-0.3, -0.25) is 0 Å². The molecule has 0 saturated carbocycles. The Morgan fingerprint density at radius 2 is 1.85 bits per heavy atom. The van der Waals surface area contributed by atoms with Crippen LogP contribution in [0.1, 0.15) is 0 Å². The third-order valence-electron chi connectivity index (χ3n) is 3.38. The predicted octanol–water partition coefficient (Wildman–Crippen LogP) is 2.14. The van der Waals surface area contributed by atoms with Crippen molar-refractivity contribution in [1.29, 1.82) is 0 Å². The van der Waals surface area contributed by atoms with Crippen LogP contribution in [-0.4, -0.2) is 47.3 Å². The lowest BCUT2D eigenvalue weighted by molar-refractivity contribution is 0.141. The molecule has 1 aromatic carbocycles. The SMILES string of the molecule is O=C(O)N1CCN(c2nc(-c3ccccc3)co2)CC1. The van der Waals surface area contributed by atoms with E-state index in [4.69, 9.17) is 9.52 Å². The lowest BCUT2D eigenvalue weighted by Gasteiger charge is -2.31. The Balaban J connectivity index is 1.71. The van der Waals surface area contributed by atoms with Gasteiger partial charge in [0, 0.05) is 31.7 Å². The first kappa shape index (κ1) is 12.5. The minimum atomic E-state index is -0.873. The molecule has 1 fully saturated rings. The molecule has 104 valence electrons. The first-order valence-corrected chi connectivity index (χ1v) is 6.48. The van der Waals surface area contributed by atoms with Gasteiger partial charge in [0.05, 0.1) is 0 Å². The van der Waals surface area contributed by atoms with Crippen LogP contribution in [0.4, 0.5) is 10.8 Å². The summed E-state index contributed by atoms with van der Waals surface area (Å²) >= 11 is 0. The number of carbonyl (C=O) groups is 1. The highest BCUT2D eigenvalue weighted by Crippen LogP contribution is 2.23. The molecule has 0 bridgehead atoms. The van der Waals surface area contributed by atoms with Crippen LogP contribution in [0.15, 0.2) is 41.0 Å². The number of amides is 1. The van der Waals surface area contributed by atoms with Crippen LogP contribution in [0.5, 0.6) is 0 Å². The number of hydrogen-bond donors (Lipinski definition) is 1. The molecular formula is C14H15N3O3. The number of rotatable bonds is 2. The Labute approximate surface area is 116 Å². The fraction of sp³-hybridized carbons (Fsp3) is 0.286. The molecule has 2 aromatic rings. The summed E-state index contributed by atoms with van der Waals surface area (Å²) in [6.45, 7) is 2.14. The molecule has 2 heterocycles.